The maximum atomic E-state index is 12.7. The van der Waals surface area contributed by atoms with Gasteiger partial charge in [0.25, 0.3) is 5.91 Å². The van der Waals surface area contributed by atoms with Gasteiger partial charge in [-0.1, -0.05) is 18.2 Å². The van der Waals surface area contributed by atoms with Crippen LogP contribution >= 0.6 is 0 Å². The fourth-order valence-electron chi connectivity index (χ4n) is 3.25. The first kappa shape index (κ1) is 21.7. The molecule has 1 amide bonds. The molecule has 4 rings (SSSR count). The Morgan fingerprint density at radius 2 is 1.72 bits per heavy atom. The van der Waals surface area contributed by atoms with Gasteiger partial charge >= 0.3 is 0 Å². The molecule has 164 valence electrons. The number of anilines is 1. The number of H-pyrrole nitrogens is 1. The monoisotopic (exact) mass is 448 g/mol. The minimum atomic E-state index is -3.67. The van der Waals surface area contributed by atoms with E-state index in [4.69, 9.17) is 0 Å². The average molecular weight is 449 g/mol. The van der Waals surface area contributed by atoms with Gasteiger partial charge in [-0.15, -0.1) is 0 Å². The molecule has 0 radical (unpaired) electrons. The first-order valence-electron chi connectivity index (χ1n) is 10.2. The lowest BCUT2D eigenvalue weighted by molar-refractivity contribution is 0.102. The summed E-state index contributed by atoms with van der Waals surface area (Å²) < 4.78 is 26.7. The van der Waals surface area contributed by atoms with Crippen LogP contribution in [0, 0.1) is 0 Å². The Hall–Kier alpha value is -3.49. The highest BCUT2D eigenvalue weighted by Gasteiger charge is 2.24. The number of carbonyl (C=O) groups is 1. The molecule has 0 fully saturated rings. The third kappa shape index (κ3) is 4.28. The summed E-state index contributed by atoms with van der Waals surface area (Å²) in [4.78, 5) is 20.7. The van der Waals surface area contributed by atoms with Crippen molar-refractivity contribution in [3.63, 3.8) is 0 Å². The molecular weight excluding hydrogens is 424 g/mol. The van der Waals surface area contributed by atoms with Crippen LogP contribution in [-0.2, 0) is 10.0 Å². The summed E-state index contributed by atoms with van der Waals surface area (Å²) in [6.45, 7) is 3.59. The van der Waals surface area contributed by atoms with E-state index >= 15 is 0 Å². The van der Waals surface area contributed by atoms with E-state index in [1.54, 1.807) is 38.1 Å². The first-order valence-corrected chi connectivity index (χ1v) is 11.6. The third-order valence-corrected chi connectivity index (χ3v) is 7.34. The molecule has 0 spiro atoms. The molecule has 3 aromatic carbocycles. The van der Waals surface area contributed by atoms with E-state index in [2.05, 4.69) is 15.3 Å². The Kier molecular flexibility index (Phi) is 5.82. The highest BCUT2D eigenvalue weighted by Crippen LogP contribution is 2.23. The van der Waals surface area contributed by atoms with Gasteiger partial charge < -0.3 is 10.3 Å². The van der Waals surface area contributed by atoms with Crippen LogP contribution in [0.5, 0.6) is 0 Å². The van der Waals surface area contributed by atoms with Crippen LogP contribution in [0.4, 0.5) is 5.69 Å². The summed E-state index contributed by atoms with van der Waals surface area (Å²) in [6, 6.07) is 21.0. The van der Waals surface area contributed by atoms with Crippen LogP contribution in [0.2, 0.25) is 0 Å². The number of carbonyl (C=O) groups excluding carboxylic acids is 1. The predicted octanol–water partition coefficient (Wildman–Crippen LogP) is 4.51. The maximum absolute atomic E-state index is 12.7. The second-order valence-corrected chi connectivity index (χ2v) is 9.77. The van der Waals surface area contributed by atoms with E-state index in [0.717, 1.165) is 22.4 Å². The van der Waals surface area contributed by atoms with Gasteiger partial charge in [-0.25, -0.2) is 13.4 Å². The predicted molar refractivity (Wildman–Crippen MR) is 126 cm³/mol. The molecule has 7 nitrogen and oxygen atoms in total. The second kappa shape index (κ2) is 8.57. The Balaban J connectivity index is 1.52. The lowest BCUT2D eigenvalue weighted by Gasteiger charge is -2.21. The minimum Gasteiger partial charge on any atom is -0.338 e. The Morgan fingerprint density at radius 3 is 2.41 bits per heavy atom. The van der Waals surface area contributed by atoms with Gasteiger partial charge in [-0.3, -0.25) is 4.79 Å². The van der Waals surface area contributed by atoms with Crippen molar-refractivity contribution in [3.8, 4) is 11.4 Å². The van der Waals surface area contributed by atoms with E-state index in [0.29, 0.717) is 5.69 Å². The number of hydrogen-bond donors (Lipinski definition) is 2. The Labute approximate surface area is 187 Å². The number of sulfonamides is 1. The summed E-state index contributed by atoms with van der Waals surface area (Å²) in [5, 5.41) is 2.82. The summed E-state index contributed by atoms with van der Waals surface area (Å²) in [7, 11) is -2.15. The van der Waals surface area contributed by atoms with Crippen LogP contribution in [0.15, 0.2) is 77.7 Å². The van der Waals surface area contributed by atoms with Gasteiger partial charge in [0.05, 0.1) is 15.9 Å². The van der Waals surface area contributed by atoms with Crippen molar-refractivity contribution in [1.82, 2.24) is 14.3 Å². The number of benzene rings is 3. The zero-order valence-corrected chi connectivity index (χ0v) is 18.8. The van der Waals surface area contributed by atoms with Crippen molar-refractivity contribution >= 4 is 32.7 Å². The second-order valence-electron chi connectivity index (χ2n) is 7.78. The van der Waals surface area contributed by atoms with Gasteiger partial charge in [-0.05, 0) is 68.4 Å². The number of para-hydroxylation sites is 2. The SMILES string of the molecule is CC(C)N(C)S(=O)(=O)c1cccc(C(=O)Nc2ccc(-c3nc4ccccc4[nH]3)cc2)c1. The van der Waals surface area contributed by atoms with Crippen molar-refractivity contribution in [3.05, 3.63) is 78.4 Å². The van der Waals surface area contributed by atoms with Crippen LogP contribution in [-0.4, -0.2) is 41.7 Å². The van der Waals surface area contributed by atoms with E-state index in [1.165, 1.54) is 23.5 Å². The normalized spacial score (nSPS) is 11.9. The van der Waals surface area contributed by atoms with E-state index < -0.39 is 10.0 Å². The van der Waals surface area contributed by atoms with E-state index in [-0.39, 0.29) is 22.4 Å². The van der Waals surface area contributed by atoms with Crippen LogP contribution in [0.3, 0.4) is 0 Å². The van der Waals surface area contributed by atoms with Gasteiger partial charge in [0.2, 0.25) is 10.0 Å². The van der Waals surface area contributed by atoms with Crippen molar-refractivity contribution in [1.29, 1.82) is 0 Å². The number of imidazole rings is 1. The van der Waals surface area contributed by atoms with Gasteiger partial charge in [0.15, 0.2) is 0 Å². The Bertz CT molecular complexity index is 1340. The summed E-state index contributed by atoms with van der Waals surface area (Å²) in [5.74, 6) is 0.363. The number of rotatable bonds is 6. The lowest BCUT2D eigenvalue weighted by Crippen LogP contribution is -2.33. The smallest absolute Gasteiger partial charge is 0.255 e. The van der Waals surface area contributed by atoms with Gasteiger partial charge in [-0.2, -0.15) is 4.31 Å². The topological polar surface area (TPSA) is 95.2 Å². The standard InChI is InChI=1S/C24H24N4O3S/c1-16(2)28(3)32(30,31)20-8-6-7-18(15-20)24(29)25-19-13-11-17(12-14-19)23-26-21-9-4-5-10-22(21)27-23/h4-16H,1-3H3,(H,25,29)(H,26,27). The zero-order chi connectivity index (χ0) is 22.9. The van der Waals surface area contributed by atoms with Crippen molar-refractivity contribution in [2.75, 3.05) is 12.4 Å². The first-order chi connectivity index (χ1) is 15.3. The molecule has 1 aromatic heterocycles. The highest BCUT2D eigenvalue weighted by molar-refractivity contribution is 7.89. The third-order valence-electron chi connectivity index (χ3n) is 5.31. The van der Waals surface area contributed by atoms with Gasteiger partial charge in [0.1, 0.15) is 5.82 Å². The van der Waals surface area contributed by atoms with Crippen molar-refractivity contribution in [2.45, 2.75) is 24.8 Å². The number of hydrogen-bond acceptors (Lipinski definition) is 4. The fraction of sp³-hybridized carbons (Fsp3) is 0.167. The van der Waals surface area contributed by atoms with Crippen molar-refractivity contribution in [2.24, 2.45) is 0 Å². The number of amides is 1. The molecule has 8 heteroatoms. The van der Waals surface area contributed by atoms with Crippen molar-refractivity contribution < 1.29 is 13.2 Å². The molecule has 2 N–H and O–H groups in total. The molecule has 0 bridgehead atoms. The number of nitrogens with zero attached hydrogens (tertiary/aromatic N) is 2. The molecule has 0 unspecified atom stereocenters. The molecule has 4 aromatic rings. The molecule has 1 heterocycles. The quantitative estimate of drug-likeness (QED) is 0.454. The minimum absolute atomic E-state index is 0.0848. The molecular formula is C24H24N4O3S. The Morgan fingerprint density at radius 1 is 1.00 bits per heavy atom. The molecule has 0 aliphatic heterocycles. The average Bonchev–Trinajstić information content (AvgIpc) is 3.23. The lowest BCUT2D eigenvalue weighted by atomic mass is 10.1. The highest BCUT2D eigenvalue weighted by atomic mass is 32.2. The molecule has 0 atom stereocenters. The maximum Gasteiger partial charge on any atom is 0.255 e. The number of aromatic amines is 1. The van der Waals surface area contributed by atoms with Gasteiger partial charge in [0, 0.05) is 29.9 Å². The number of nitrogens with one attached hydrogen (secondary N) is 2. The molecule has 0 saturated heterocycles. The van der Waals surface area contributed by atoms with E-state index in [1.807, 2.05) is 36.4 Å². The molecule has 32 heavy (non-hydrogen) atoms. The molecule has 0 saturated carbocycles. The fourth-order valence-corrected chi connectivity index (χ4v) is 4.66. The van der Waals surface area contributed by atoms with E-state index in [9.17, 15) is 13.2 Å². The molecule has 0 aliphatic rings. The number of fused-ring (bicyclic) bond motifs is 1. The van der Waals surface area contributed by atoms with Crippen LogP contribution in [0.1, 0.15) is 24.2 Å². The number of aromatic nitrogens is 2. The largest absolute Gasteiger partial charge is 0.338 e. The summed E-state index contributed by atoms with van der Waals surface area (Å²) in [5.41, 5.74) is 3.60. The summed E-state index contributed by atoms with van der Waals surface area (Å²) >= 11 is 0. The zero-order valence-electron chi connectivity index (χ0n) is 18.0. The summed E-state index contributed by atoms with van der Waals surface area (Å²) in [6.07, 6.45) is 0. The van der Waals surface area contributed by atoms with Crippen LogP contribution in [0.25, 0.3) is 22.4 Å². The molecule has 0 aliphatic carbocycles. The van der Waals surface area contributed by atoms with Crippen LogP contribution < -0.4 is 5.32 Å².